The quantitative estimate of drug-likeness (QED) is 0.557. The average Bonchev–Trinajstić information content (AvgIpc) is 2.76. The van der Waals surface area contributed by atoms with Crippen molar-refractivity contribution >= 4 is 22.4 Å². The predicted molar refractivity (Wildman–Crippen MR) is 119 cm³/mol. The summed E-state index contributed by atoms with van der Waals surface area (Å²) >= 11 is 0. The number of rotatable bonds is 5. The molecule has 4 aromatic rings. The number of hydrogen-bond donors (Lipinski definition) is 1. The zero-order valence-corrected chi connectivity index (χ0v) is 16.9. The van der Waals surface area contributed by atoms with Gasteiger partial charge in [0.15, 0.2) is 5.69 Å². The number of anilines is 1. The van der Waals surface area contributed by atoms with E-state index in [0.717, 1.165) is 11.3 Å². The van der Waals surface area contributed by atoms with Crippen molar-refractivity contribution < 1.29 is 4.79 Å². The number of amides is 1. The molecule has 30 heavy (non-hydrogen) atoms. The van der Waals surface area contributed by atoms with Crippen LogP contribution in [0.15, 0.2) is 83.7 Å². The van der Waals surface area contributed by atoms with Crippen molar-refractivity contribution in [3.8, 4) is 5.69 Å². The lowest BCUT2D eigenvalue weighted by atomic mass is 10.1. The molecule has 1 aromatic heterocycles. The van der Waals surface area contributed by atoms with E-state index in [9.17, 15) is 9.59 Å². The standard InChI is InChI=1S/C24H22N4O2/c1-27(2)16-17-10-6-9-15-21(17)25-23(29)22-19-13-7-8-14-20(19)24(30)28(26-22)18-11-4-3-5-12-18/h3-15H,16H2,1-2H3,(H,25,29). The average molecular weight is 398 g/mol. The van der Waals surface area contributed by atoms with Crippen LogP contribution in [0.2, 0.25) is 0 Å². The summed E-state index contributed by atoms with van der Waals surface area (Å²) in [7, 11) is 3.95. The molecule has 0 atom stereocenters. The number of hydrogen-bond acceptors (Lipinski definition) is 4. The summed E-state index contributed by atoms with van der Waals surface area (Å²) in [5, 5.41) is 8.39. The normalized spacial score (nSPS) is 11.0. The summed E-state index contributed by atoms with van der Waals surface area (Å²) in [6.07, 6.45) is 0. The molecular formula is C24H22N4O2. The highest BCUT2D eigenvalue weighted by molar-refractivity contribution is 6.11. The van der Waals surface area contributed by atoms with Gasteiger partial charge in [-0.3, -0.25) is 9.59 Å². The third kappa shape index (κ3) is 3.86. The maximum absolute atomic E-state index is 13.3. The smallest absolute Gasteiger partial charge is 0.279 e. The van der Waals surface area contributed by atoms with Gasteiger partial charge in [-0.2, -0.15) is 9.78 Å². The molecule has 6 heteroatoms. The molecule has 6 nitrogen and oxygen atoms in total. The monoisotopic (exact) mass is 398 g/mol. The number of carbonyl (C=O) groups is 1. The molecule has 0 aliphatic carbocycles. The second kappa shape index (κ2) is 8.31. The van der Waals surface area contributed by atoms with Gasteiger partial charge in [0.2, 0.25) is 0 Å². The fraction of sp³-hybridized carbons (Fsp3) is 0.125. The minimum atomic E-state index is -0.359. The van der Waals surface area contributed by atoms with Gasteiger partial charge in [0.1, 0.15) is 0 Å². The zero-order valence-electron chi connectivity index (χ0n) is 16.9. The Balaban J connectivity index is 1.82. The first-order valence-electron chi connectivity index (χ1n) is 9.66. The Morgan fingerprint density at radius 3 is 2.27 bits per heavy atom. The number of fused-ring (bicyclic) bond motifs is 1. The van der Waals surface area contributed by atoms with E-state index in [1.807, 2.05) is 61.5 Å². The molecule has 1 amide bonds. The van der Waals surface area contributed by atoms with Gasteiger partial charge in [-0.1, -0.05) is 54.6 Å². The van der Waals surface area contributed by atoms with E-state index in [1.54, 1.807) is 36.4 Å². The lowest BCUT2D eigenvalue weighted by Gasteiger charge is -2.15. The van der Waals surface area contributed by atoms with Crippen LogP contribution in [0.3, 0.4) is 0 Å². The van der Waals surface area contributed by atoms with Crippen LogP contribution in [0.4, 0.5) is 5.69 Å². The molecule has 4 rings (SSSR count). The molecule has 0 unspecified atom stereocenters. The van der Waals surface area contributed by atoms with Crippen LogP contribution in [0.1, 0.15) is 16.1 Å². The van der Waals surface area contributed by atoms with Gasteiger partial charge in [0.25, 0.3) is 11.5 Å². The maximum Gasteiger partial charge on any atom is 0.279 e. The second-order valence-electron chi connectivity index (χ2n) is 7.30. The topological polar surface area (TPSA) is 67.2 Å². The van der Waals surface area contributed by atoms with Gasteiger partial charge >= 0.3 is 0 Å². The van der Waals surface area contributed by atoms with Crippen LogP contribution in [-0.4, -0.2) is 34.7 Å². The Labute approximate surface area is 174 Å². The zero-order chi connectivity index (χ0) is 21.1. The van der Waals surface area contributed by atoms with Gasteiger partial charge in [-0.15, -0.1) is 0 Å². The molecule has 150 valence electrons. The van der Waals surface area contributed by atoms with Gasteiger partial charge in [-0.25, -0.2) is 0 Å². The largest absolute Gasteiger partial charge is 0.320 e. The predicted octanol–water partition coefficient (Wildman–Crippen LogP) is 3.70. The summed E-state index contributed by atoms with van der Waals surface area (Å²) in [4.78, 5) is 28.3. The van der Waals surface area contributed by atoms with Crippen molar-refractivity contribution in [3.63, 3.8) is 0 Å². The molecule has 3 aromatic carbocycles. The lowest BCUT2D eigenvalue weighted by Crippen LogP contribution is -2.26. The number of benzene rings is 3. The first-order chi connectivity index (χ1) is 14.5. The van der Waals surface area contributed by atoms with E-state index in [-0.39, 0.29) is 17.2 Å². The third-order valence-electron chi connectivity index (χ3n) is 4.77. The van der Waals surface area contributed by atoms with Gasteiger partial charge < -0.3 is 10.2 Å². The highest BCUT2D eigenvalue weighted by atomic mass is 16.2. The fourth-order valence-electron chi connectivity index (χ4n) is 3.40. The Kier molecular flexibility index (Phi) is 5.41. The summed E-state index contributed by atoms with van der Waals surface area (Å²) in [6, 6.07) is 23.8. The molecule has 0 spiro atoms. The van der Waals surface area contributed by atoms with Gasteiger partial charge in [0.05, 0.1) is 11.1 Å². The van der Waals surface area contributed by atoms with Crippen molar-refractivity contribution in [1.29, 1.82) is 0 Å². The molecule has 0 aliphatic heterocycles. The molecule has 1 N–H and O–H groups in total. The summed E-state index contributed by atoms with van der Waals surface area (Å²) in [6.45, 7) is 0.689. The lowest BCUT2D eigenvalue weighted by molar-refractivity contribution is 0.102. The Hall–Kier alpha value is -3.77. The highest BCUT2D eigenvalue weighted by Crippen LogP contribution is 2.20. The molecular weight excluding hydrogens is 376 g/mol. The van der Waals surface area contributed by atoms with E-state index in [0.29, 0.717) is 23.0 Å². The first kappa shape index (κ1) is 19.5. The van der Waals surface area contributed by atoms with Crippen LogP contribution in [0.25, 0.3) is 16.5 Å². The molecule has 0 aliphatic rings. The van der Waals surface area contributed by atoms with Crippen LogP contribution in [-0.2, 0) is 6.54 Å². The molecule has 0 fully saturated rings. The number of nitrogens with one attached hydrogen (secondary N) is 1. The summed E-state index contributed by atoms with van der Waals surface area (Å²) < 4.78 is 1.28. The molecule has 0 bridgehead atoms. The van der Waals surface area contributed by atoms with Crippen LogP contribution < -0.4 is 10.9 Å². The van der Waals surface area contributed by atoms with E-state index in [4.69, 9.17) is 0 Å². The minimum Gasteiger partial charge on any atom is -0.320 e. The second-order valence-corrected chi connectivity index (χ2v) is 7.30. The Morgan fingerprint density at radius 2 is 1.53 bits per heavy atom. The van der Waals surface area contributed by atoms with E-state index >= 15 is 0 Å². The van der Waals surface area contributed by atoms with Crippen LogP contribution in [0.5, 0.6) is 0 Å². The number of nitrogens with zero attached hydrogens (tertiary/aromatic N) is 3. The maximum atomic E-state index is 13.3. The summed E-state index contributed by atoms with van der Waals surface area (Å²) in [5.41, 5.74) is 2.27. The third-order valence-corrected chi connectivity index (χ3v) is 4.77. The Bertz CT molecular complexity index is 1260. The van der Waals surface area contributed by atoms with E-state index in [1.165, 1.54) is 4.68 Å². The number of aromatic nitrogens is 2. The van der Waals surface area contributed by atoms with Crippen LogP contribution >= 0.6 is 0 Å². The highest BCUT2D eigenvalue weighted by Gasteiger charge is 2.18. The van der Waals surface area contributed by atoms with Crippen LogP contribution in [0, 0.1) is 0 Å². The summed E-state index contributed by atoms with van der Waals surface area (Å²) in [5.74, 6) is -0.359. The Morgan fingerprint density at radius 1 is 0.900 bits per heavy atom. The molecule has 0 saturated carbocycles. The molecule has 0 radical (unpaired) electrons. The molecule has 0 saturated heterocycles. The van der Waals surface area contributed by atoms with Crippen molar-refractivity contribution in [2.75, 3.05) is 19.4 Å². The van der Waals surface area contributed by atoms with Crippen molar-refractivity contribution in [2.45, 2.75) is 6.54 Å². The van der Waals surface area contributed by atoms with Crippen molar-refractivity contribution in [1.82, 2.24) is 14.7 Å². The number of para-hydroxylation sites is 2. The van der Waals surface area contributed by atoms with Gasteiger partial charge in [-0.05, 0) is 43.9 Å². The SMILES string of the molecule is CN(C)Cc1ccccc1NC(=O)c1nn(-c2ccccc2)c(=O)c2ccccc12. The first-order valence-corrected chi connectivity index (χ1v) is 9.66. The van der Waals surface area contributed by atoms with Crippen molar-refractivity contribution in [3.05, 3.63) is 100 Å². The molecule has 1 heterocycles. The fourth-order valence-corrected chi connectivity index (χ4v) is 3.40. The van der Waals surface area contributed by atoms with Gasteiger partial charge in [0, 0.05) is 17.6 Å². The van der Waals surface area contributed by atoms with Crippen molar-refractivity contribution in [2.24, 2.45) is 0 Å². The van der Waals surface area contributed by atoms with E-state index < -0.39 is 0 Å². The van der Waals surface area contributed by atoms with E-state index in [2.05, 4.69) is 10.4 Å². The minimum absolute atomic E-state index is 0.203. The number of carbonyl (C=O) groups excluding carboxylic acids is 1.